The van der Waals surface area contributed by atoms with Crippen molar-refractivity contribution < 1.29 is 10.0 Å². The molecule has 0 spiro atoms. The van der Waals surface area contributed by atoms with Crippen molar-refractivity contribution in [3.63, 3.8) is 0 Å². The van der Waals surface area contributed by atoms with Crippen LogP contribution in [0.15, 0.2) is 48.5 Å². The molecule has 5 nitrogen and oxygen atoms in total. The van der Waals surface area contributed by atoms with Crippen LogP contribution in [0.3, 0.4) is 0 Å². The van der Waals surface area contributed by atoms with Gasteiger partial charge in [0, 0.05) is 23.7 Å². The molecular weight excluding hydrogens is 292 g/mol. The van der Waals surface area contributed by atoms with Gasteiger partial charge in [0.15, 0.2) is 0 Å². The zero-order valence-corrected chi connectivity index (χ0v) is 12.0. The predicted octanol–water partition coefficient (Wildman–Crippen LogP) is 3.07. The lowest BCUT2D eigenvalue weighted by Gasteiger charge is -2.17. The largest absolute Gasteiger partial charge is 0.394 e. The zero-order chi connectivity index (χ0) is 15.2. The van der Waals surface area contributed by atoms with Gasteiger partial charge in [-0.2, -0.15) is 0 Å². The Kier molecular flexibility index (Phi) is 5.27. The molecule has 2 rings (SSSR count). The van der Waals surface area contributed by atoms with E-state index >= 15 is 0 Å². The molecule has 0 aromatic heterocycles. The maximum Gasteiger partial charge on any atom is 0.269 e. The summed E-state index contributed by atoms with van der Waals surface area (Å²) in [4.78, 5) is 10.3. The number of benzene rings is 2. The Bertz CT molecular complexity index is 620. The molecule has 0 heterocycles. The molecule has 0 amide bonds. The summed E-state index contributed by atoms with van der Waals surface area (Å²) in [6.45, 7) is 0.261. The van der Waals surface area contributed by atoms with E-state index in [1.807, 2.05) is 30.3 Å². The first-order valence-corrected chi connectivity index (χ1v) is 6.81. The Hall–Kier alpha value is -1.95. The van der Waals surface area contributed by atoms with Gasteiger partial charge in [-0.25, -0.2) is 0 Å². The second-order valence-corrected chi connectivity index (χ2v) is 4.97. The van der Waals surface area contributed by atoms with Crippen LogP contribution in [-0.4, -0.2) is 16.6 Å². The maximum atomic E-state index is 10.8. The molecule has 0 fully saturated rings. The first kappa shape index (κ1) is 15.4. The van der Waals surface area contributed by atoms with Crippen LogP contribution in [-0.2, 0) is 6.54 Å². The topological polar surface area (TPSA) is 75.4 Å². The third kappa shape index (κ3) is 4.01. The lowest BCUT2D eigenvalue weighted by atomic mass is 10.1. The van der Waals surface area contributed by atoms with Crippen LogP contribution in [0.1, 0.15) is 17.2 Å². The number of halogens is 1. The van der Waals surface area contributed by atoms with Crippen LogP contribution in [0.4, 0.5) is 5.69 Å². The molecule has 0 radical (unpaired) electrons. The van der Waals surface area contributed by atoms with Crippen molar-refractivity contribution in [2.45, 2.75) is 12.6 Å². The van der Waals surface area contributed by atoms with E-state index in [4.69, 9.17) is 11.6 Å². The molecule has 0 saturated heterocycles. The van der Waals surface area contributed by atoms with Gasteiger partial charge in [-0.3, -0.25) is 10.1 Å². The van der Waals surface area contributed by atoms with Crippen molar-refractivity contribution in [3.05, 3.63) is 74.8 Å². The number of nitrogens with zero attached hydrogens (tertiary/aromatic N) is 1. The lowest BCUT2D eigenvalue weighted by Crippen LogP contribution is -2.24. The summed E-state index contributed by atoms with van der Waals surface area (Å²) in [5.41, 5.74) is 1.57. The Balaban J connectivity index is 2.11. The van der Waals surface area contributed by atoms with Crippen LogP contribution >= 0.6 is 11.6 Å². The minimum Gasteiger partial charge on any atom is -0.394 e. The fourth-order valence-corrected chi connectivity index (χ4v) is 2.20. The number of nitro groups is 1. The van der Waals surface area contributed by atoms with E-state index in [1.165, 1.54) is 18.2 Å². The summed E-state index contributed by atoms with van der Waals surface area (Å²) in [5.74, 6) is 0. The molecule has 0 saturated carbocycles. The molecule has 0 aliphatic heterocycles. The third-order valence-electron chi connectivity index (χ3n) is 3.16. The highest BCUT2D eigenvalue weighted by Gasteiger charge is 2.13. The minimum absolute atomic E-state index is 0.00328. The average molecular weight is 307 g/mol. The number of hydrogen-bond acceptors (Lipinski definition) is 4. The Labute approximate surface area is 127 Å². The number of aliphatic hydroxyl groups excluding tert-OH is 1. The summed E-state index contributed by atoms with van der Waals surface area (Å²) >= 11 is 6.05. The summed E-state index contributed by atoms with van der Waals surface area (Å²) in [6.07, 6.45) is 0. The van der Waals surface area contributed by atoms with Crippen LogP contribution in [0.25, 0.3) is 0 Å². The van der Waals surface area contributed by atoms with Crippen molar-refractivity contribution in [1.29, 1.82) is 0 Å². The summed E-state index contributed by atoms with van der Waals surface area (Å²) in [7, 11) is 0. The summed E-state index contributed by atoms with van der Waals surface area (Å²) in [6, 6.07) is 13.6. The molecular formula is C15H15ClN2O3. The van der Waals surface area contributed by atoms with Gasteiger partial charge in [0.05, 0.1) is 17.6 Å². The Morgan fingerprint density at radius 3 is 2.57 bits per heavy atom. The molecule has 110 valence electrons. The normalized spacial score (nSPS) is 12.1. The van der Waals surface area contributed by atoms with Crippen LogP contribution in [0.2, 0.25) is 5.02 Å². The zero-order valence-electron chi connectivity index (χ0n) is 11.2. The highest BCUT2D eigenvalue weighted by atomic mass is 35.5. The van der Waals surface area contributed by atoms with Crippen molar-refractivity contribution in [1.82, 2.24) is 5.32 Å². The van der Waals surface area contributed by atoms with Gasteiger partial charge in [-0.1, -0.05) is 41.9 Å². The van der Waals surface area contributed by atoms with Gasteiger partial charge in [0.2, 0.25) is 0 Å². The number of non-ortho nitro benzene ring substituents is 1. The Morgan fingerprint density at radius 2 is 1.95 bits per heavy atom. The van der Waals surface area contributed by atoms with E-state index in [9.17, 15) is 15.2 Å². The van der Waals surface area contributed by atoms with Gasteiger partial charge >= 0.3 is 0 Å². The molecule has 6 heteroatoms. The fraction of sp³-hybridized carbons (Fsp3) is 0.200. The number of aliphatic hydroxyl groups is 1. The van der Waals surface area contributed by atoms with Crippen molar-refractivity contribution in [3.8, 4) is 0 Å². The van der Waals surface area contributed by atoms with Gasteiger partial charge in [0.25, 0.3) is 5.69 Å². The molecule has 0 unspecified atom stereocenters. The SMILES string of the molecule is O=[N+]([O-])c1ccc(Cl)c(CN[C@H](CO)c2ccccc2)c1. The molecule has 0 bridgehead atoms. The molecule has 0 aliphatic carbocycles. The number of hydrogen-bond donors (Lipinski definition) is 2. The second kappa shape index (κ2) is 7.17. The van der Waals surface area contributed by atoms with Crippen LogP contribution in [0.5, 0.6) is 0 Å². The van der Waals surface area contributed by atoms with Crippen molar-refractivity contribution in [2.24, 2.45) is 0 Å². The maximum absolute atomic E-state index is 10.8. The van der Waals surface area contributed by atoms with Gasteiger partial charge in [-0.15, -0.1) is 0 Å². The van der Waals surface area contributed by atoms with Gasteiger partial charge in [-0.05, 0) is 17.2 Å². The van der Waals surface area contributed by atoms with E-state index < -0.39 is 4.92 Å². The van der Waals surface area contributed by atoms with E-state index in [1.54, 1.807) is 0 Å². The molecule has 21 heavy (non-hydrogen) atoms. The number of nitro benzene ring substituents is 1. The number of nitrogens with one attached hydrogen (secondary N) is 1. The fourth-order valence-electron chi connectivity index (χ4n) is 2.02. The van der Waals surface area contributed by atoms with E-state index in [0.717, 1.165) is 5.56 Å². The van der Waals surface area contributed by atoms with E-state index in [-0.39, 0.29) is 18.3 Å². The highest BCUT2D eigenvalue weighted by molar-refractivity contribution is 6.31. The predicted molar refractivity (Wildman–Crippen MR) is 81.2 cm³/mol. The standard InChI is InChI=1S/C15H15ClN2O3/c16-14-7-6-13(18(20)21)8-12(14)9-17-15(10-19)11-4-2-1-3-5-11/h1-8,15,17,19H,9-10H2/t15-/m1/s1. The van der Waals surface area contributed by atoms with Crippen molar-refractivity contribution in [2.75, 3.05) is 6.61 Å². The van der Waals surface area contributed by atoms with Gasteiger partial charge < -0.3 is 10.4 Å². The molecule has 2 aromatic rings. The summed E-state index contributed by atoms with van der Waals surface area (Å²) < 4.78 is 0. The van der Waals surface area contributed by atoms with Crippen LogP contribution in [0, 0.1) is 10.1 Å². The lowest BCUT2D eigenvalue weighted by molar-refractivity contribution is -0.384. The molecule has 2 N–H and O–H groups in total. The first-order chi connectivity index (χ1) is 10.1. The first-order valence-electron chi connectivity index (χ1n) is 6.44. The van der Waals surface area contributed by atoms with Gasteiger partial charge in [0.1, 0.15) is 0 Å². The molecule has 2 aromatic carbocycles. The molecule has 1 atom stereocenters. The third-order valence-corrected chi connectivity index (χ3v) is 3.53. The highest BCUT2D eigenvalue weighted by Crippen LogP contribution is 2.23. The monoisotopic (exact) mass is 306 g/mol. The second-order valence-electron chi connectivity index (χ2n) is 4.56. The molecule has 0 aliphatic rings. The quantitative estimate of drug-likeness (QED) is 0.635. The van der Waals surface area contributed by atoms with E-state index in [2.05, 4.69) is 5.32 Å². The van der Waals surface area contributed by atoms with E-state index in [0.29, 0.717) is 17.1 Å². The average Bonchev–Trinajstić information content (AvgIpc) is 2.50. The summed E-state index contributed by atoms with van der Waals surface area (Å²) in [5, 5.41) is 23.9. The van der Waals surface area contributed by atoms with Crippen molar-refractivity contribution >= 4 is 17.3 Å². The van der Waals surface area contributed by atoms with Crippen LogP contribution < -0.4 is 5.32 Å². The number of rotatable bonds is 6. The smallest absolute Gasteiger partial charge is 0.269 e. The Morgan fingerprint density at radius 1 is 1.24 bits per heavy atom. The minimum atomic E-state index is -0.458.